The van der Waals surface area contributed by atoms with Gasteiger partial charge in [-0.2, -0.15) is 4.39 Å². The topological polar surface area (TPSA) is 74.8 Å². The standard InChI is InChI=1S/C22H26Cl2F2N4O3S/c1-14-6-8-29(11-14)12-22(33-2)7-9-30(13-22)16-10-15(23)21(20(26)19(16)24)34(31,32)28-18-5-3-4-17(25)27-18/h3-5,10,14H,6-9,11-13H2,1-2H3,(H,27,28)/t14-,22+/m0/s1. The summed E-state index contributed by atoms with van der Waals surface area (Å²) in [6.45, 7) is 5.99. The molecule has 7 nitrogen and oxygen atoms in total. The summed E-state index contributed by atoms with van der Waals surface area (Å²) < 4.78 is 62.2. The summed E-state index contributed by atoms with van der Waals surface area (Å²) in [5.41, 5.74) is -0.160. The van der Waals surface area contributed by atoms with Gasteiger partial charge in [0.15, 0.2) is 5.82 Å². The van der Waals surface area contributed by atoms with Crippen LogP contribution in [0.4, 0.5) is 20.3 Å². The Balaban J connectivity index is 1.59. The van der Waals surface area contributed by atoms with Gasteiger partial charge in [0, 0.05) is 33.3 Å². The van der Waals surface area contributed by atoms with Crippen molar-refractivity contribution in [1.29, 1.82) is 0 Å². The molecule has 2 aromatic rings. The number of hydrogen-bond donors (Lipinski definition) is 1. The Kier molecular flexibility index (Phi) is 7.26. The molecule has 2 aliphatic rings. The second-order valence-electron chi connectivity index (χ2n) is 8.97. The Hall–Kier alpha value is -1.72. The van der Waals surface area contributed by atoms with Crippen LogP contribution in [0.15, 0.2) is 29.2 Å². The number of likely N-dealkylation sites (tertiary alicyclic amines) is 1. The number of nitrogens with one attached hydrogen (secondary N) is 1. The first-order chi connectivity index (χ1) is 16.0. The molecule has 1 aromatic carbocycles. The van der Waals surface area contributed by atoms with Gasteiger partial charge in [-0.05, 0) is 43.5 Å². The Labute approximate surface area is 208 Å². The predicted molar refractivity (Wildman–Crippen MR) is 128 cm³/mol. The normalized spacial score (nSPS) is 23.6. The number of rotatable bonds is 7. The molecule has 12 heteroatoms. The van der Waals surface area contributed by atoms with E-state index in [0.717, 1.165) is 32.1 Å². The summed E-state index contributed by atoms with van der Waals surface area (Å²) in [5.74, 6) is -1.74. The molecule has 0 bridgehead atoms. The quantitative estimate of drug-likeness (QED) is 0.419. The third kappa shape index (κ3) is 5.11. The van der Waals surface area contributed by atoms with Crippen LogP contribution in [0.25, 0.3) is 0 Å². The molecule has 2 fully saturated rings. The van der Waals surface area contributed by atoms with E-state index < -0.39 is 32.3 Å². The number of halogens is 4. The van der Waals surface area contributed by atoms with Gasteiger partial charge in [-0.3, -0.25) is 4.72 Å². The largest absolute Gasteiger partial charge is 0.375 e. The maximum absolute atomic E-state index is 15.3. The summed E-state index contributed by atoms with van der Waals surface area (Å²) in [7, 11) is -2.86. The van der Waals surface area contributed by atoms with E-state index in [1.165, 1.54) is 18.2 Å². The minimum Gasteiger partial charge on any atom is -0.375 e. The lowest BCUT2D eigenvalue weighted by Gasteiger charge is -2.33. The van der Waals surface area contributed by atoms with E-state index >= 15 is 4.39 Å². The molecule has 0 aliphatic carbocycles. The number of methoxy groups -OCH3 is 1. The highest BCUT2D eigenvalue weighted by molar-refractivity contribution is 7.92. The van der Waals surface area contributed by atoms with Crippen molar-refractivity contribution in [2.24, 2.45) is 5.92 Å². The van der Waals surface area contributed by atoms with Crippen LogP contribution in [0.3, 0.4) is 0 Å². The molecule has 1 N–H and O–H groups in total. The van der Waals surface area contributed by atoms with E-state index in [1.807, 2.05) is 9.62 Å². The minimum atomic E-state index is -4.52. The van der Waals surface area contributed by atoms with Crippen LogP contribution in [-0.2, 0) is 14.8 Å². The van der Waals surface area contributed by atoms with E-state index in [4.69, 9.17) is 27.9 Å². The molecule has 2 aliphatic heterocycles. The zero-order valence-electron chi connectivity index (χ0n) is 18.8. The van der Waals surface area contributed by atoms with Crippen LogP contribution in [0.2, 0.25) is 10.0 Å². The first-order valence-electron chi connectivity index (χ1n) is 10.9. The average molecular weight is 535 g/mol. The highest BCUT2D eigenvalue weighted by Crippen LogP contribution is 2.41. The lowest BCUT2D eigenvalue weighted by Crippen LogP contribution is -2.46. The van der Waals surface area contributed by atoms with Crippen LogP contribution in [0.1, 0.15) is 19.8 Å². The molecule has 2 saturated heterocycles. The Morgan fingerprint density at radius 2 is 2.06 bits per heavy atom. The van der Waals surface area contributed by atoms with Gasteiger partial charge in [-0.25, -0.2) is 17.8 Å². The zero-order valence-corrected chi connectivity index (χ0v) is 21.2. The summed E-state index contributed by atoms with van der Waals surface area (Å²) in [6, 6.07) is 4.90. The summed E-state index contributed by atoms with van der Waals surface area (Å²) in [5, 5.41) is -0.706. The van der Waals surface area contributed by atoms with Gasteiger partial charge in [0.05, 0.1) is 16.3 Å². The SMILES string of the molecule is CO[C@@]1(CN2CC[C@H](C)C2)CCN(c2cc(Cl)c(S(=O)(=O)Nc3cccc(F)n3)c(F)c2Cl)C1. The van der Waals surface area contributed by atoms with E-state index in [2.05, 4.69) is 16.8 Å². The Morgan fingerprint density at radius 1 is 1.29 bits per heavy atom. The molecule has 4 rings (SSSR count). The number of nitrogens with zero attached hydrogens (tertiary/aromatic N) is 3. The van der Waals surface area contributed by atoms with Crippen molar-refractivity contribution in [1.82, 2.24) is 9.88 Å². The number of aromatic nitrogens is 1. The van der Waals surface area contributed by atoms with Crippen molar-refractivity contribution in [3.8, 4) is 0 Å². The first kappa shape index (κ1) is 25.4. The molecular weight excluding hydrogens is 509 g/mol. The maximum atomic E-state index is 15.3. The Morgan fingerprint density at radius 3 is 2.71 bits per heavy atom. The summed E-state index contributed by atoms with van der Waals surface area (Å²) >= 11 is 12.6. The molecule has 3 heterocycles. The van der Waals surface area contributed by atoms with E-state index in [9.17, 15) is 12.8 Å². The van der Waals surface area contributed by atoms with Crippen molar-refractivity contribution in [3.05, 3.63) is 46.1 Å². The summed E-state index contributed by atoms with van der Waals surface area (Å²) in [4.78, 5) is 6.84. The highest BCUT2D eigenvalue weighted by atomic mass is 35.5. The van der Waals surface area contributed by atoms with Crippen molar-refractivity contribution >= 4 is 44.7 Å². The Bertz CT molecular complexity index is 1190. The second-order valence-corrected chi connectivity index (χ2v) is 11.4. The molecule has 2 atom stereocenters. The van der Waals surface area contributed by atoms with Crippen LogP contribution in [0, 0.1) is 17.7 Å². The smallest absolute Gasteiger partial charge is 0.267 e. The fourth-order valence-corrected chi connectivity index (χ4v) is 6.64. The van der Waals surface area contributed by atoms with Gasteiger partial charge in [0.25, 0.3) is 10.0 Å². The molecule has 0 spiro atoms. The van der Waals surface area contributed by atoms with Crippen LogP contribution in [-0.4, -0.2) is 63.7 Å². The average Bonchev–Trinajstić information content (AvgIpc) is 3.37. The van der Waals surface area contributed by atoms with Gasteiger partial charge < -0.3 is 14.5 Å². The van der Waals surface area contributed by atoms with Crippen molar-refractivity contribution < 1.29 is 21.9 Å². The molecule has 0 unspecified atom stereocenters. The maximum Gasteiger partial charge on any atom is 0.267 e. The molecule has 34 heavy (non-hydrogen) atoms. The van der Waals surface area contributed by atoms with Crippen LogP contribution < -0.4 is 9.62 Å². The van der Waals surface area contributed by atoms with Crippen LogP contribution in [0.5, 0.6) is 0 Å². The molecule has 186 valence electrons. The number of hydrogen-bond acceptors (Lipinski definition) is 6. The van der Waals surface area contributed by atoms with Gasteiger partial charge in [-0.15, -0.1) is 0 Å². The van der Waals surface area contributed by atoms with Crippen molar-refractivity contribution in [3.63, 3.8) is 0 Å². The highest BCUT2D eigenvalue weighted by Gasteiger charge is 2.42. The van der Waals surface area contributed by atoms with Crippen molar-refractivity contribution in [2.45, 2.75) is 30.3 Å². The monoisotopic (exact) mass is 534 g/mol. The van der Waals surface area contributed by atoms with Gasteiger partial charge in [0.2, 0.25) is 5.95 Å². The number of benzene rings is 1. The predicted octanol–water partition coefficient (Wildman–Crippen LogP) is 4.40. The molecule has 0 saturated carbocycles. The van der Waals surface area contributed by atoms with E-state index in [1.54, 1.807) is 7.11 Å². The third-order valence-corrected chi connectivity index (χ3v) is 8.61. The lowest BCUT2D eigenvalue weighted by atomic mass is 10.0. The van der Waals surface area contributed by atoms with Crippen LogP contribution >= 0.6 is 23.2 Å². The number of pyridine rings is 1. The number of ether oxygens (including phenoxy) is 1. The fourth-order valence-electron chi connectivity index (χ4n) is 4.68. The van der Waals surface area contributed by atoms with Gasteiger partial charge in [0.1, 0.15) is 15.7 Å². The fraction of sp³-hybridized carbons (Fsp3) is 0.500. The van der Waals surface area contributed by atoms with E-state index in [0.29, 0.717) is 31.1 Å². The van der Waals surface area contributed by atoms with Crippen molar-refractivity contribution in [2.75, 3.05) is 49.5 Å². The van der Waals surface area contributed by atoms with E-state index in [-0.39, 0.29) is 15.9 Å². The molecule has 1 aromatic heterocycles. The molecule has 0 radical (unpaired) electrons. The third-order valence-electron chi connectivity index (χ3n) is 6.43. The zero-order chi connectivity index (χ0) is 24.7. The number of anilines is 2. The molecular formula is C22H26Cl2F2N4O3S. The lowest BCUT2D eigenvalue weighted by molar-refractivity contribution is -0.0156. The minimum absolute atomic E-state index is 0.292. The second kappa shape index (κ2) is 9.73. The first-order valence-corrected chi connectivity index (χ1v) is 13.1. The van der Waals surface area contributed by atoms with Gasteiger partial charge >= 0.3 is 0 Å². The molecule has 0 amide bonds. The van der Waals surface area contributed by atoms with Gasteiger partial charge in [-0.1, -0.05) is 36.2 Å². The number of sulfonamides is 1. The summed E-state index contributed by atoms with van der Waals surface area (Å²) in [6.07, 6.45) is 1.85.